The Balaban J connectivity index is 1.16. The molecule has 0 bridgehead atoms. The number of piperazine rings is 1. The molecule has 0 saturated carbocycles. The average molecular weight is 477 g/mol. The number of carbonyl (C=O) groups is 1. The van der Waals surface area contributed by atoms with Gasteiger partial charge >= 0.3 is 0 Å². The summed E-state index contributed by atoms with van der Waals surface area (Å²) in [6, 6.07) is 10.2. The zero-order valence-corrected chi connectivity index (χ0v) is 19.4. The van der Waals surface area contributed by atoms with E-state index in [-0.39, 0.29) is 17.9 Å². The normalized spacial score (nSPS) is 20.3. The van der Waals surface area contributed by atoms with Gasteiger partial charge in [-0.1, -0.05) is 0 Å². The SMILES string of the molecule is Nc1nc(Nc2ccc(N3CCOCC3)cc2)nn1-c1cc(N2CCN3C(=O)CC[C@@H]3C2)ncn1. The van der Waals surface area contributed by atoms with Crippen LogP contribution in [0, 0.1) is 0 Å². The number of nitrogens with zero attached hydrogens (tertiary/aromatic N) is 8. The van der Waals surface area contributed by atoms with Gasteiger partial charge in [-0.3, -0.25) is 4.79 Å². The summed E-state index contributed by atoms with van der Waals surface area (Å²) in [5.74, 6) is 2.20. The van der Waals surface area contributed by atoms with Crippen LogP contribution in [0.4, 0.5) is 29.1 Å². The third kappa shape index (κ3) is 4.32. The Morgan fingerprint density at radius 1 is 1.00 bits per heavy atom. The van der Waals surface area contributed by atoms with E-state index in [9.17, 15) is 4.79 Å². The predicted octanol–water partition coefficient (Wildman–Crippen LogP) is 1.03. The fourth-order valence-electron chi connectivity index (χ4n) is 4.95. The van der Waals surface area contributed by atoms with Crippen molar-refractivity contribution in [3.8, 4) is 5.82 Å². The molecular weight excluding hydrogens is 448 g/mol. The van der Waals surface area contributed by atoms with Gasteiger partial charge in [0.25, 0.3) is 0 Å². The third-order valence-electron chi connectivity index (χ3n) is 6.81. The molecule has 0 spiro atoms. The quantitative estimate of drug-likeness (QED) is 0.550. The van der Waals surface area contributed by atoms with Crippen LogP contribution < -0.4 is 20.9 Å². The van der Waals surface area contributed by atoms with Gasteiger partial charge in [-0.2, -0.15) is 9.67 Å². The van der Waals surface area contributed by atoms with Crippen molar-refractivity contribution >= 4 is 35.0 Å². The summed E-state index contributed by atoms with van der Waals surface area (Å²) in [7, 11) is 0. The maximum atomic E-state index is 12.0. The van der Waals surface area contributed by atoms with Gasteiger partial charge in [-0.25, -0.2) is 9.97 Å². The summed E-state index contributed by atoms with van der Waals surface area (Å²) in [6.45, 7) is 5.51. The molecule has 0 unspecified atom stereocenters. The summed E-state index contributed by atoms with van der Waals surface area (Å²) in [6.07, 6.45) is 3.04. The van der Waals surface area contributed by atoms with Gasteiger partial charge < -0.3 is 30.5 Å². The molecule has 3 aliphatic heterocycles. The van der Waals surface area contributed by atoms with Crippen molar-refractivity contribution in [2.45, 2.75) is 18.9 Å². The van der Waals surface area contributed by atoms with Gasteiger partial charge in [0.15, 0.2) is 5.82 Å². The molecule has 35 heavy (non-hydrogen) atoms. The molecule has 3 aromatic rings. The van der Waals surface area contributed by atoms with Crippen LogP contribution in [0.2, 0.25) is 0 Å². The third-order valence-corrected chi connectivity index (χ3v) is 6.81. The van der Waals surface area contributed by atoms with Crippen molar-refractivity contribution < 1.29 is 9.53 Å². The fourth-order valence-corrected chi connectivity index (χ4v) is 4.95. The van der Waals surface area contributed by atoms with Crippen molar-refractivity contribution in [1.29, 1.82) is 0 Å². The molecule has 3 saturated heterocycles. The number of rotatable bonds is 5. The first-order valence-electron chi connectivity index (χ1n) is 11.9. The number of carbonyl (C=O) groups excluding carboxylic acids is 1. The molecule has 5 heterocycles. The van der Waals surface area contributed by atoms with Gasteiger partial charge in [-0.15, -0.1) is 5.10 Å². The molecule has 12 heteroatoms. The van der Waals surface area contributed by atoms with E-state index in [4.69, 9.17) is 10.5 Å². The van der Waals surface area contributed by atoms with E-state index in [2.05, 4.69) is 47.3 Å². The topological polar surface area (TPSA) is 131 Å². The second kappa shape index (κ2) is 9.02. The summed E-state index contributed by atoms with van der Waals surface area (Å²) in [5.41, 5.74) is 8.20. The highest BCUT2D eigenvalue weighted by Crippen LogP contribution is 2.26. The first-order valence-corrected chi connectivity index (χ1v) is 11.9. The second-order valence-electron chi connectivity index (χ2n) is 8.94. The highest BCUT2D eigenvalue weighted by molar-refractivity contribution is 5.79. The zero-order valence-electron chi connectivity index (χ0n) is 19.4. The van der Waals surface area contributed by atoms with Gasteiger partial charge in [0.05, 0.1) is 13.2 Å². The molecule has 3 N–H and O–H groups in total. The van der Waals surface area contributed by atoms with Crippen LogP contribution in [-0.4, -0.2) is 87.5 Å². The summed E-state index contributed by atoms with van der Waals surface area (Å²) >= 11 is 0. The number of hydrogen-bond acceptors (Lipinski definition) is 10. The fraction of sp³-hybridized carbons (Fsp3) is 0.435. The number of hydrogen-bond donors (Lipinski definition) is 2. The Morgan fingerprint density at radius 3 is 2.63 bits per heavy atom. The highest BCUT2D eigenvalue weighted by atomic mass is 16.5. The lowest BCUT2D eigenvalue weighted by Crippen LogP contribution is -2.51. The number of nitrogens with one attached hydrogen (secondary N) is 1. The van der Waals surface area contributed by atoms with E-state index >= 15 is 0 Å². The Bertz CT molecular complexity index is 1210. The van der Waals surface area contributed by atoms with Crippen molar-refractivity contribution in [2.24, 2.45) is 0 Å². The molecule has 1 amide bonds. The van der Waals surface area contributed by atoms with E-state index in [0.717, 1.165) is 63.0 Å². The summed E-state index contributed by atoms with van der Waals surface area (Å²) in [5, 5.41) is 7.73. The van der Waals surface area contributed by atoms with Gasteiger partial charge in [0, 0.05) is 62.6 Å². The summed E-state index contributed by atoms with van der Waals surface area (Å²) in [4.78, 5) is 31.6. The lowest BCUT2D eigenvalue weighted by molar-refractivity contribution is -0.129. The molecule has 3 fully saturated rings. The van der Waals surface area contributed by atoms with Crippen LogP contribution in [0.5, 0.6) is 0 Å². The Labute approximate surface area is 202 Å². The standard InChI is InChI=1S/C23H28N10O2/c24-22-28-23(27-16-1-3-17(4-2-16)30-9-11-35-12-10-30)29-33(22)20-13-19(25-15-26-20)31-7-8-32-18(14-31)5-6-21(32)34/h1-4,13,15,18H,5-12,14H2,(H3,24,27,28,29)/t18-/m1/s1. The number of aromatic nitrogens is 5. The van der Waals surface area contributed by atoms with E-state index in [0.29, 0.717) is 24.7 Å². The maximum absolute atomic E-state index is 12.0. The minimum Gasteiger partial charge on any atom is -0.378 e. The molecule has 3 aliphatic rings. The molecule has 0 radical (unpaired) electrons. The van der Waals surface area contributed by atoms with E-state index < -0.39 is 0 Å². The number of anilines is 5. The number of nitrogens with two attached hydrogens (primary N) is 1. The molecule has 0 aliphatic carbocycles. The molecular formula is C23H28N10O2. The van der Waals surface area contributed by atoms with Crippen LogP contribution in [0.25, 0.3) is 5.82 Å². The number of amides is 1. The number of benzene rings is 1. The number of nitrogen functional groups attached to an aromatic ring is 1. The Hall–Kier alpha value is -3.93. The maximum Gasteiger partial charge on any atom is 0.248 e. The monoisotopic (exact) mass is 476 g/mol. The van der Waals surface area contributed by atoms with E-state index in [1.165, 1.54) is 11.0 Å². The minimum atomic E-state index is 0.230. The number of morpholine rings is 1. The number of ether oxygens (including phenoxy) is 1. The molecule has 12 nitrogen and oxygen atoms in total. The van der Waals surface area contributed by atoms with Crippen LogP contribution in [0.3, 0.4) is 0 Å². The van der Waals surface area contributed by atoms with Crippen LogP contribution in [-0.2, 0) is 9.53 Å². The Kier molecular flexibility index (Phi) is 5.57. The van der Waals surface area contributed by atoms with Gasteiger partial charge in [0.1, 0.15) is 12.1 Å². The minimum absolute atomic E-state index is 0.230. The molecule has 2 aromatic heterocycles. The Morgan fingerprint density at radius 2 is 1.80 bits per heavy atom. The highest BCUT2D eigenvalue weighted by Gasteiger charge is 2.36. The van der Waals surface area contributed by atoms with E-state index in [1.807, 2.05) is 23.1 Å². The van der Waals surface area contributed by atoms with Gasteiger partial charge in [-0.05, 0) is 30.7 Å². The van der Waals surface area contributed by atoms with Crippen LogP contribution >= 0.6 is 0 Å². The molecule has 182 valence electrons. The lowest BCUT2D eigenvalue weighted by Gasteiger charge is -2.38. The lowest BCUT2D eigenvalue weighted by atomic mass is 10.1. The van der Waals surface area contributed by atoms with Crippen LogP contribution in [0.15, 0.2) is 36.7 Å². The van der Waals surface area contributed by atoms with Crippen molar-refractivity contribution in [3.05, 3.63) is 36.7 Å². The average Bonchev–Trinajstić information content (AvgIpc) is 3.46. The first kappa shape index (κ1) is 21.6. The largest absolute Gasteiger partial charge is 0.378 e. The molecule has 1 aromatic carbocycles. The second-order valence-corrected chi connectivity index (χ2v) is 8.94. The van der Waals surface area contributed by atoms with Gasteiger partial charge in [0.2, 0.25) is 17.8 Å². The van der Waals surface area contributed by atoms with Crippen molar-refractivity contribution in [3.63, 3.8) is 0 Å². The van der Waals surface area contributed by atoms with Crippen molar-refractivity contribution in [1.82, 2.24) is 29.6 Å². The van der Waals surface area contributed by atoms with Crippen LogP contribution in [0.1, 0.15) is 12.8 Å². The van der Waals surface area contributed by atoms with E-state index in [1.54, 1.807) is 0 Å². The first-order chi connectivity index (χ1) is 17.1. The van der Waals surface area contributed by atoms with Crippen molar-refractivity contribution in [2.75, 3.05) is 66.8 Å². The zero-order chi connectivity index (χ0) is 23.8. The molecule has 1 atom stereocenters. The predicted molar refractivity (Wildman–Crippen MR) is 131 cm³/mol. The smallest absolute Gasteiger partial charge is 0.248 e. The number of fused-ring (bicyclic) bond motifs is 1. The molecule has 6 rings (SSSR count). The summed E-state index contributed by atoms with van der Waals surface area (Å²) < 4.78 is 6.93.